The molecule has 98 valence electrons. The van der Waals surface area contributed by atoms with Gasteiger partial charge in [0.25, 0.3) is 5.56 Å². The van der Waals surface area contributed by atoms with Gasteiger partial charge in [0.15, 0.2) is 0 Å². The monoisotopic (exact) mass is 240 g/mol. The van der Waals surface area contributed by atoms with E-state index >= 15 is 0 Å². The van der Waals surface area contributed by atoms with Crippen LogP contribution in [0.5, 0.6) is 0 Å². The maximum absolute atomic E-state index is 10.8. The lowest BCUT2D eigenvalue weighted by Gasteiger charge is -2.27. The zero-order valence-corrected chi connectivity index (χ0v) is 11.3. The highest BCUT2D eigenvalue weighted by atomic mass is 16.1. The van der Waals surface area contributed by atoms with Crippen LogP contribution in [0.15, 0.2) is 16.9 Å². The lowest BCUT2D eigenvalue weighted by molar-refractivity contribution is 0.582. The third-order valence-electron chi connectivity index (χ3n) is 2.11. The van der Waals surface area contributed by atoms with Crippen molar-refractivity contribution in [1.29, 1.82) is 0 Å². The summed E-state index contributed by atoms with van der Waals surface area (Å²) in [4.78, 5) is 12.9. The number of anilines is 1. The maximum Gasteiger partial charge on any atom is 0.264 e. The van der Waals surface area contributed by atoms with Crippen molar-refractivity contribution >= 4 is 5.82 Å². The normalized spacial score (nSPS) is 14.0. The number of piperazine rings is 1. The van der Waals surface area contributed by atoms with Crippen LogP contribution in [0, 0.1) is 0 Å². The Morgan fingerprint density at radius 2 is 1.71 bits per heavy atom. The average Bonchev–Trinajstić information content (AvgIpc) is 2.45. The third kappa shape index (κ3) is 5.49. The molecule has 1 aromatic rings. The van der Waals surface area contributed by atoms with Crippen LogP contribution in [0.25, 0.3) is 0 Å². The van der Waals surface area contributed by atoms with E-state index < -0.39 is 0 Å². The van der Waals surface area contributed by atoms with Gasteiger partial charge in [0.2, 0.25) is 0 Å². The molecule has 0 aliphatic carbocycles. The van der Waals surface area contributed by atoms with Crippen molar-refractivity contribution in [1.82, 2.24) is 15.5 Å². The van der Waals surface area contributed by atoms with E-state index in [1.165, 1.54) is 6.07 Å². The van der Waals surface area contributed by atoms with Crippen LogP contribution < -0.4 is 15.8 Å². The number of nitrogens with zero attached hydrogens (tertiary/aromatic N) is 2. The highest BCUT2D eigenvalue weighted by Crippen LogP contribution is 2.06. The van der Waals surface area contributed by atoms with Crippen LogP contribution in [0.4, 0.5) is 5.82 Å². The van der Waals surface area contributed by atoms with Crippen LogP contribution in [0.2, 0.25) is 0 Å². The Morgan fingerprint density at radius 3 is 2.18 bits per heavy atom. The highest BCUT2D eigenvalue weighted by molar-refractivity contribution is 5.36. The molecule has 0 unspecified atom stereocenters. The second kappa shape index (κ2) is 9.84. The Balaban J connectivity index is 0.000000581. The fourth-order valence-electron chi connectivity index (χ4n) is 1.41. The smallest absolute Gasteiger partial charge is 0.264 e. The van der Waals surface area contributed by atoms with Crippen LogP contribution in [-0.2, 0) is 0 Å². The Hall–Kier alpha value is -1.36. The van der Waals surface area contributed by atoms with Crippen molar-refractivity contribution in [3.63, 3.8) is 0 Å². The second-order valence-electron chi connectivity index (χ2n) is 3.02. The lowest BCUT2D eigenvalue weighted by atomic mass is 10.3. The van der Waals surface area contributed by atoms with E-state index in [1.54, 1.807) is 6.07 Å². The van der Waals surface area contributed by atoms with Crippen LogP contribution in [0.1, 0.15) is 27.7 Å². The van der Waals surface area contributed by atoms with Gasteiger partial charge >= 0.3 is 0 Å². The Kier molecular flexibility index (Phi) is 9.05. The lowest BCUT2D eigenvalue weighted by Crippen LogP contribution is -2.44. The van der Waals surface area contributed by atoms with E-state index in [4.69, 9.17) is 0 Å². The molecule has 5 nitrogen and oxygen atoms in total. The number of H-pyrrole nitrogens is 1. The molecule has 1 saturated heterocycles. The van der Waals surface area contributed by atoms with Crippen molar-refractivity contribution < 1.29 is 0 Å². The highest BCUT2D eigenvalue weighted by Gasteiger charge is 2.10. The predicted molar refractivity (Wildman–Crippen MR) is 72.6 cm³/mol. The van der Waals surface area contributed by atoms with Crippen molar-refractivity contribution in [2.75, 3.05) is 31.1 Å². The first-order valence-corrected chi connectivity index (χ1v) is 6.38. The summed E-state index contributed by atoms with van der Waals surface area (Å²) in [6.07, 6.45) is 0. The largest absolute Gasteiger partial charge is 0.353 e. The van der Waals surface area contributed by atoms with E-state index in [0.29, 0.717) is 0 Å². The minimum atomic E-state index is -0.154. The summed E-state index contributed by atoms with van der Waals surface area (Å²) in [5.74, 6) is 0.848. The molecule has 0 atom stereocenters. The van der Waals surface area contributed by atoms with Gasteiger partial charge in [-0.2, -0.15) is 5.10 Å². The molecule has 0 bridgehead atoms. The van der Waals surface area contributed by atoms with Gasteiger partial charge in [-0.1, -0.05) is 27.7 Å². The first-order valence-electron chi connectivity index (χ1n) is 6.38. The molecule has 0 saturated carbocycles. The molecular formula is C12H24N4O. The summed E-state index contributed by atoms with van der Waals surface area (Å²) in [6, 6.07) is 3.26. The van der Waals surface area contributed by atoms with Gasteiger partial charge in [-0.3, -0.25) is 4.79 Å². The Morgan fingerprint density at radius 1 is 1.12 bits per heavy atom. The number of aromatic nitrogens is 2. The van der Waals surface area contributed by atoms with Crippen LogP contribution >= 0.6 is 0 Å². The molecule has 0 aromatic carbocycles. The second-order valence-corrected chi connectivity index (χ2v) is 3.02. The maximum atomic E-state index is 10.8. The van der Waals surface area contributed by atoms with Crippen molar-refractivity contribution in [3.05, 3.63) is 22.5 Å². The molecule has 0 amide bonds. The van der Waals surface area contributed by atoms with Gasteiger partial charge in [-0.25, -0.2) is 5.10 Å². The van der Waals surface area contributed by atoms with Crippen LogP contribution in [0.3, 0.4) is 0 Å². The molecule has 1 aliphatic heterocycles. The van der Waals surface area contributed by atoms with Gasteiger partial charge in [-0.15, -0.1) is 0 Å². The van der Waals surface area contributed by atoms with Gasteiger partial charge in [0.05, 0.1) is 0 Å². The number of nitrogens with one attached hydrogen (secondary N) is 2. The number of rotatable bonds is 1. The van der Waals surface area contributed by atoms with Gasteiger partial charge in [0.1, 0.15) is 5.82 Å². The zero-order valence-electron chi connectivity index (χ0n) is 11.3. The topological polar surface area (TPSA) is 61.0 Å². The van der Waals surface area contributed by atoms with Crippen LogP contribution in [-0.4, -0.2) is 36.4 Å². The molecule has 0 radical (unpaired) electrons. The fraction of sp³-hybridized carbons (Fsp3) is 0.667. The zero-order chi connectivity index (χ0) is 13.1. The summed E-state index contributed by atoms with van der Waals surface area (Å²) in [7, 11) is 0. The van der Waals surface area contributed by atoms with Gasteiger partial charge < -0.3 is 10.2 Å². The standard InChI is InChI=1S/C8H12N4O.2C2H6/c13-8-2-1-7(10-11-8)12-5-3-9-4-6-12;2*1-2/h1-2,9H,3-6H2,(H,11,13);2*1-2H3. The summed E-state index contributed by atoms with van der Waals surface area (Å²) < 4.78 is 0. The third-order valence-corrected chi connectivity index (χ3v) is 2.11. The quantitative estimate of drug-likeness (QED) is 0.775. The number of hydrogen-bond acceptors (Lipinski definition) is 4. The number of hydrogen-bond donors (Lipinski definition) is 2. The first-order chi connectivity index (χ1) is 8.36. The van der Waals surface area contributed by atoms with E-state index in [0.717, 1.165) is 32.0 Å². The molecule has 5 heteroatoms. The van der Waals surface area contributed by atoms with Crippen molar-refractivity contribution in [2.24, 2.45) is 0 Å². The Labute approximate surface area is 103 Å². The summed E-state index contributed by atoms with van der Waals surface area (Å²) in [6.45, 7) is 11.8. The van der Waals surface area contributed by atoms with Crippen molar-refractivity contribution in [2.45, 2.75) is 27.7 Å². The molecule has 2 heterocycles. The summed E-state index contributed by atoms with van der Waals surface area (Å²) in [5.41, 5.74) is -0.154. The molecule has 0 spiro atoms. The average molecular weight is 240 g/mol. The predicted octanol–water partition coefficient (Wildman–Crippen LogP) is 1.23. The molecule has 2 rings (SSSR count). The minimum absolute atomic E-state index is 0.154. The minimum Gasteiger partial charge on any atom is -0.353 e. The van der Waals surface area contributed by atoms with E-state index in [2.05, 4.69) is 20.4 Å². The molecule has 2 N–H and O–H groups in total. The molecular weight excluding hydrogens is 216 g/mol. The van der Waals surface area contributed by atoms with Crippen molar-refractivity contribution in [3.8, 4) is 0 Å². The molecule has 1 fully saturated rings. The van der Waals surface area contributed by atoms with E-state index in [1.807, 2.05) is 27.7 Å². The van der Waals surface area contributed by atoms with E-state index in [-0.39, 0.29) is 5.56 Å². The summed E-state index contributed by atoms with van der Waals surface area (Å²) >= 11 is 0. The number of aromatic amines is 1. The van der Waals surface area contributed by atoms with Gasteiger partial charge in [0, 0.05) is 32.2 Å². The molecule has 1 aliphatic rings. The Bertz CT molecular complexity index is 311. The molecule has 1 aromatic heterocycles. The fourth-order valence-corrected chi connectivity index (χ4v) is 1.41. The molecule has 17 heavy (non-hydrogen) atoms. The SMILES string of the molecule is CC.CC.O=c1ccc(N2CCNCC2)n[nH]1. The van der Waals surface area contributed by atoms with E-state index in [9.17, 15) is 4.79 Å². The van der Waals surface area contributed by atoms with Gasteiger partial charge in [-0.05, 0) is 6.07 Å². The summed E-state index contributed by atoms with van der Waals surface area (Å²) in [5, 5.41) is 9.65. The first kappa shape index (κ1) is 15.6.